The second-order valence-corrected chi connectivity index (χ2v) is 5.67. The van der Waals surface area contributed by atoms with Crippen molar-refractivity contribution in [3.8, 4) is 0 Å². The summed E-state index contributed by atoms with van der Waals surface area (Å²) in [6.07, 6.45) is 0. The number of nitrogens with one attached hydrogen (secondary N) is 2. The molecule has 1 amide bonds. The van der Waals surface area contributed by atoms with Crippen LogP contribution < -0.4 is 16.4 Å². The minimum Gasteiger partial charge on any atom is -0.370 e. The molecule has 23 heavy (non-hydrogen) atoms. The van der Waals surface area contributed by atoms with Crippen molar-refractivity contribution in [2.24, 2.45) is 10.7 Å². The van der Waals surface area contributed by atoms with E-state index >= 15 is 0 Å². The first-order valence-corrected chi connectivity index (χ1v) is 7.51. The van der Waals surface area contributed by atoms with Crippen LogP contribution in [0.15, 0.2) is 58.0 Å². The van der Waals surface area contributed by atoms with Crippen molar-refractivity contribution in [3.63, 3.8) is 0 Å². The van der Waals surface area contributed by atoms with Gasteiger partial charge in [0.25, 0.3) is 0 Å². The van der Waals surface area contributed by atoms with Crippen LogP contribution in [0.2, 0.25) is 0 Å². The van der Waals surface area contributed by atoms with Gasteiger partial charge in [0.15, 0.2) is 5.96 Å². The molecule has 0 unspecified atom stereocenters. The molecule has 0 atom stereocenters. The third-order valence-corrected chi connectivity index (χ3v) is 3.32. The molecule has 0 aliphatic carbocycles. The molecule has 0 saturated carbocycles. The number of aryl methyl sites for hydroxylation is 1. The first-order chi connectivity index (χ1) is 10.5. The number of hydrogen-bond donors (Lipinski definition) is 3. The molecular formula is C16H18BrIN4O. The first kappa shape index (κ1) is 19.4. The summed E-state index contributed by atoms with van der Waals surface area (Å²) in [5, 5.41) is 5.69. The standard InChI is InChI=1S/C16H17BrN4O.HI/c1-11-5-7-13(8-6-11)21-16(18)19-10-15(22)20-14-4-2-3-12(17)9-14;/h2-9H,10H2,1H3,(H,20,22)(H3,18,19,21);1H. The fourth-order valence-corrected chi connectivity index (χ4v) is 2.15. The van der Waals surface area contributed by atoms with Crippen LogP contribution in [0.4, 0.5) is 11.4 Å². The zero-order valence-corrected chi connectivity index (χ0v) is 16.5. The third-order valence-electron chi connectivity index (χ3n) is 2.83. The second kappa shape index (κ2) is 9.51. The lowest BCUT2D eigenvalue weighted by Gasteiger charge is -2.07. The number of aliphatic imine (C=N–C) groups is 1. The zero-order valence-electron chi connectivity index (χ0n) is 12.5. The van der Waals surface area contributed by atoms with Gasteiger partial charge in [0.2, 0.25) is 5.91 Å². The number of amides is 1. The molecule has 0 fully saturated rings. The predicted molar refractivity (Wildman–Crippen MR) is 109 cm³/mol. The molecule has 2 aromatic rings. The summed E-state index contributed by atoms with van der Waals surface area (Å²) in [6.45, 7) is 1.96. The van der Waals surface area contributed by atoms with Crippen molar-refractivity contribution >= 4 is 63.1 Å². The van der Waals surface area contributed by atoms with Crippen molar-refractivity contribution < 1.29 is 4.79 Å². The van der Waals surface area contributed by atoms with Crippen LogP contribution in [0.1, 0.15) is 5.56 Å². The molecule has 0 spiro atoms. The molecule has 122 valence electrons. The Hall–Kier alpha value is -1.61. The molecule has 2 aromatic carbocycles. The van der Waals surface area contributed by atoms with E-state index in [1.54, 1.807) is 6.07 Å². The minimum absolute atomic E-state index is 0. The summed E-state index contributed by atoms with van der Waals surface area (Å²) in [4.78, 5) is 15.8. The quantitative estimate of drug-likeness (QED) is 0.348. The smallest absolute Gasteiger partial charge is 0.246 e. The van der Waals surface area contributed by atoms with Crippen LogP contribution in [0.25, 0.3) is 0 Å². The lowest BCUT2D eigenvalue weighted by atomic mass is 10.2. The molecule has 0 aliphatic rings. The van der Waals surface area contributed by atoms with E-state index in [4.69, 9.17) is 5.73 Å². The molecule has 7 heteroatoms. The monoisotopic (exact) mass is 488 g/mol. The number of guanidine groups is 1. The van der Waals surface area contributed by atoms with Crippen molar-refractivity contribution in [3.05, 3.63) is 58.6 Å². The minimum atomic E-state index is -0.230. The maximum absolute atomic E-state index is 11.8. The van der Waals surface area contributed by atoms with E-state index < -0.39 is 0 Å². The molecule has 0 aromatic heterocycles. The summed E-state index contributed by atoms with van der Waals surface area (Å²) >= 11 is 3.35. The van der Waals surface area contributed by atoms with Gasteiger partial charge >= 0.3 is 0 Å². The average Bonchev–Trinajstić information content (AvgIpc) is 2.48. The Morgan fingerprint density at radius 2 is 1.83 bits per heavy atom. The van der Waals surface area contributed by atoms with Gasteiger partial charge in [-0.25, -0.2) is 4.99 Å². The lowest BCUT2D eigenvalue weighted by Crippen LogP contribution is -2.25. The fourth-order valence-electron chi connectivity index (χ4n) is 1.75. The Kier molecular flexibility index (Phi) is 8.04. The normalized spacial score (nSPS) is 10.6. The lowest BCUT2D eigenvalue weighted by molar-refractivity contribution is -0.114. The van der Waals surface area contributed by atoms with Crippen molar-refractivity contribution in [2.75, 3.05) is 17.2 Å². The van der Waals surface area contributed by atoms with E-state index in [2.05, 4.69) is 31.6 Å². The van der Waals surface area contributed by atoms with Gasteiger partial charge in [-0.2, -0.15) is 0 Å². The van der Waals surface area contributed by atoms with Gasteiger partial charge < -0.3 is 16.4 Å². The van der Waals surface area contributed by atoms with Crippen molar-refractivity contribution in [1.82, 2.24) is 0 Å². The van der Waals surface area contributed by atoms with E-state index in [1.807, 2.05) is 49.4 Å². The summed E-state index contributed by atoms with van der Waals surface area (Å²) in [6, 6.07) is 15.1. The van der Waals surface area contributed by atoms with Gasteiger partial charge in [-0.3, -0.25) is 4.79 Å². The molecular weight excluding hydrogens is 471 g/mol. The summed E-state index contributed by atoms with van der Waals surface area (Å²) in [5.41, 5.74) is 8.46. The molecule has 0 saturated heterocycles. The summed E-state index contributed by atoms with van der Waals surface area (Å²) in [7, 11) is 0. The van der Waals surface area contributed by atoms with Crippen LogP contribution in [0, 0.1) is 6.92 Å². The zero-order chi connectivity index (χ0) is 15.9. The average molecular weight is 489 g/mol. The van der Waals surface area contributed by atoms with Gasteiger partial charge in [0, 0.05) is 15.8 Å². The summed E-state index contributed by atoms with van der Waals surface area (Å²) < 4.78 is 0.898. The Bertz CT molecular complexity index is 689. The number of anilines is 2. The molecule has 0 radical (unpaired) electrons. The number of halogens is 2. The molecule has 0 aliphatic heterocycles. The van der Waals surface area contributed by atoms with Crippen LogP contribution in [-0.2, 0) is 4.79 Å². The van der Waals surface area contributed by atoms with Crippen molar-refractivity contribution in [2.45, 2.75) is 6.92 Å². The fraction of sp³-hybridized carbons (Fsp3) is 0.125. The van der Waals surface area contributed by atoms with Crippen molar-refractivity contribution in [1.29, 1.82) is 0 Å². The number of hydrogen-bond acceptors (Lipinski definition) is 2. The number of carbonyl (C=O) groups excluding carboxylic acids is 1. The highest BCUT2D eigenvalue weighted by Crippen LogP contribution is 2.15. The largest absolute Gasteiger partial charge is 0.370 e. The second-order valence-electron chi connectivity index (χ2n) is 4.75. The number of rotatable bonds is 4. The van der Waals surface area contributed by atoms with Gasteiger partial charge in [-0.1, -0.05) is 39.7 Å². The molecule has 2 rings (SSSR count). The number of benzene rings is 2. The van der Waals surface area contributed by atoms with Crippen LogP contribution in [-0.4, -0.2) is 18.4 Å². The molecule has 5 nitrogen and oxygen atoms in total. The number of nitrogens with two attached hydrogens (primary N) is 1. The third kappa shape index (κ3) is 7.00. The highest BCUT2D eigenvalue weighted by molar-refractivity contribution is 14.0. The Morgan fingerprint density at radius 3 is 2.48 bits per heavy atom. The highest BCUT2D eigenvalue weighted by atomic mass is 127. The number of nitrogens with zero attached hydrogens (tertiary/aromatic N) is 1. The maximum atomic E-state index is 11.8. The van der Waals surface area contributed by atoms with Gasteiger partial charge in [0.05, 0.1) is 0 Å². The SMILES string of the molecule is Cc1ccc(NC(N)=NCC(=O)Nc2cccc(Br)c2)cc1.I. The van der Waals surface area contributed by atoms with E-state index in [0.717, 1.165) is 15.7 Å². The van der Waals surface area contributed by atoms with Gasteiger partial charge in [-0.05, 0) is 37.3 Å². The topological polar surface area (TPSA) is 79.5 Å². The van der Waals surface area contributed by atoms with E-state index in [9.17, 15) is 4.79 Å². The molecule has 0 bridgehead atoms. The predicted octanol–water partition coefficient (Wildman–Crippen LogP) is 3.74. The van der Waals surface area contributed by atoms with Gasteiger partial charge in [-0.15, -0.1) is 24.0 Å². The van der Waals surface area contributed by atoms with E-state index in [0.29, 0.717) is 5.69 Å². The van der Waals surface area contributed by atoms with Crippen LogP contribution >= 0.6 is 39.9 Å². The molecule has 0 heterocycles. The Balaban J connectivity index is 0.00000264. The first-order valence-electron chi connectivity index (χ1n) is 6.72. The van der Waals surface area contributed by atoms with Gasteiger partial charge in [0.1, 0.15) is 6.54 Å². The van der Waals surface area contributed by atoms with Crippen LogP contribution in [0.5, 0.6) is 0 Å². The van der Waals surface area contributed by atoms with E-state index in [-0.39, 0.29) is 42.4 Å². The van der Waals surface area contributed by atoms with Crippen LogP contribution in [0.3, 0.4) is 0 Å². The maximum Gasteiger partial charge on any atom is 0.246 e. The Morgan fingerprint density at radius 1 is 1.13 bits per heavy atom. The molecule has 4 N–H and O–H groups in total. The highest BCUT2D eigenvalue weighted by Gasteiger charge is 2.02. The summed E-state index contributed by atoms with van der Waals surface area (Å²) in [5.74, 6) is -0.0278. The Labute approximate surface area is 160 Å². The number of carbonyl (C=O) groups is 1. The van der Waals surface area contributed by atoms with E-state index in [1.165, 1.54) is 0 Å².